The van der Waals surface area contributed by atoms with Crippen molar-refractivity contribution in [2.75, 3.05) is 13.2 Å². The second-order valence-corrected chi connectivity index (χ2v) is 6.13. The van der Waals surface area contributed by atoms with Crippen molar-refractivity contribution in [2.45, 2.75) is 6.42 Å². The lowest BCUT2D eigenvalue weighted by Crippen LogP contribution is -2.30. The summed E-state index contributed by atoms with van der Waals surface area (Å²) in [5.41, 5.74) is 1.76. The van der Waals surface area contributed by atoms with Gasteiger partial charge in [-0.1, -0.05) is 40.2 Å². The van der Waals surface area contributed by atoms with Crippen molar-refractivity contribution in [3.8, 4) is 0 Å². The molecule has 2 aromatic rings. The van der Waals surface area contributed by atoms with Gasteiger partial charge in [-0.2, -0.15) is 0 Å². The molecule has 0 aromatic heterocycles. The summed E-state index contributed by atoms with van der Waals surface area (Å²) >= 11 is 3.33. The van der Waals surface area contributed by atoms with Crippen molar-refractivity contribution in [3.05, 3.63) is 76.0 Å². The fourth-order valence-electron chi connectivity index (χ4n) is 1.97. The summed E-state index contributed by atoms with van der Waals surface area (Å²) in [5, 5.41) is 2.64. The second kappa shape index (κ2) is 9.74. The quantitative estimate of drug-likeness (QED) is 0.566. The number of carbonyl (C=O) groups is 2. The molecule has 25 heavy (non-hydrogen) atoms. The smallest absolute Gasteiger partial charge is 0.331 e. The lowest BCUT2D eigenvalue weighted by atomic mass is 10.1. The minimum atomic E-state index is -0.586. The predicted octanol–water partition coefficient (Wildman–Crippen LogP) is 3.50. The van der Waals surface area contributed by atoms with Crippen molar-refractivity contribution in [1.29, 1.82) is 0 Å². The van der Waals surface area contributed by atoms with E-state index in [0.29, 0.717) is 13.0 Å². The first-order chi connectivity index (χ1) is 12.0. The monoisotopic (exact) mass is 405 g/mol. The summed E-state index contributed by atoms with van der Waals surface area (Å²) in [6, 6.07) is 13.5. The summed E-state index contributed by atoms with van der Waals surface area (Å²) in [5.74, 6) is -1.26. The minimum absolute atomic E-state index is 0.295. The van der Waals surface area contributed by atoms with Gasteiger partial charge in [-0.3, -0.25) is 4.79 Å². The lowest BCUT2D eigenvalue weighted by molar-refractivity contribution is -0.143. The van der Waals surface area contributed by atoms with E-state index in [2.05, 4.69) is 21.2 Å². The van der Waals surface area contributed by atoms with E-state index in [0.717, 1.165) is 15.6 Å². The number of hydrogen-bond donors (Lipinski definition) is 1. The van der Waals surface area contributed by atoms with Crippen molar-refractivity contribution >= 4 is 33.9 Å². The average Bonchev–Trinajstić information content (AvgIpc) is 2.61. The number of rotatable bonds is 7. The SMILES string of the molecule is O=C(COC(=O)/C=C/c1ccc(Br)cc1)NCCc1ccc(F)cc1. The van der Waals surface area contributed by atoms with Crippen LogP contribution in [-0.4, -0.2) is 25.0 Å². The van der Waals surface area contributed by atoms with E-state index in [-0.39, 0.29) is 18.3 Å². The Bertz CT molecular complexity index is 742. The Morgan fingerprint density at radius 3 is 2.44 bits per heavy atom. The van der Waals surface area contributed by atoms with Gasteiger partial charge in [0.15, 0.2) is 6.61 Å². The summed E-state index contributed by atoms with van der Waals surface area (Å²) in [6.07, 6.45) is 3.46. The third-order valence-corrected chi connectivity index (χ3v) is 3.81. The van der Waals surface area contributed by atoms with Crippen molar-refractivity contribution in [1.82, 2.24) is 5.32 Å². The normalized spacial score (nSPS) is 10.6. The first kappa shape index (κ1) is 18.9. The number of benzene rings is 2. The van der Waals surface area contributed by atoms with E-state index in [4.69, 9.17) is 4.74 Å². The van der Waals surface area contributed by atoms with Crippen LogP contribution in [0.4, 0.5) is 4.39 Å². The van der Waals surface area contributed by atoms with Crippen LogP contribution in [0.25, 0.3) is 6.08 Å². The van der Waals surface area contributed by atoms with E-state index < -0.39 is 5.97 Å². The second-order valence-electron chi connectivity index (χ2n) is 5.22. The highest BCUT2D eigenvalue weighted by atomic mass is 79.9. The maximum atomic E-state index is 12.8. The maximum absolute atomic E-state index is 12.8. The Balaban J connectivity index is 1.66. The van der Waals surface area contributed by atoms with E-state index in [9.17, 15) is 14.0 Å². The Hall–Kier alpha value is -2.47. The fourth-order valence-corrected chi connectivity index (χ4v) is 2.24. The molecule has 0 fully saturated rings. The average molecular weight is 406 g/mol. The first-order valence-corrected chi connectivity index (χ1v) is 8.44. The zero-order valence-corrected chi connectivity index (χ0v) is 15.0. The summed E-state index contributed by atoms with van der Waals surface area (Å²) < 4.78 is 18.6. The van der Waals surface area contributed by atoms with Gasteiger partial charge >= 0.3 is 5.97 Å². The number of ether oxygens (including phenoxy) is 1. The van der Waals surface area contributed by atoms with Crippen LogP contribution in [0.1, 0.15) is 11.1 Å². The number of amides is 1. The number of hydrogen-bond acceptors (Lipinski definition) is 3. The van der Waals surface area contributed by atoms with Crippen LogP contribution in [0.3, 0.4) is 0 Å². The van der Waals surface area contributed by atoms with Gasteiger partial charge in [-0.15, -0.1) is 0 Å². The Kier molecular flexibility index (Phi) is 7.35. The van der Waals surface area contributed by atoms with Gasteiger partial charge in [-0.05, 0) is 47.9 Å². The number of carbonyl (C=O) groups excluding carboxylic acids is 2. The van der Waals surface area contributed by atoms with E-state index in [1.165, 1.54) is 18.2 Å². The van der Waals surface area contributed by atoms with Gasteiger partial charge in [0, 0.05) is 17.1 Å². The Morgan fingerprint density at radius 2 is 1.76 bits per heavy atom. The number of nitrogens with one attached hydrogen (secondary N) is 1. The van der Waals surface area contributed by atoms with Gasteiger partial charge in [0.1, 0.15) is 5.82 Å². The molecule has 0 saturated heterocycles. The topological polar surface area (TPSA) is 55.4 Å². The molecule has 1 N–H and O–H groups in total. The molecule has 0 aliphatic carbocycles. The van der Waals surface area contributed by atoms with Gasteiger partial charge in [0.2, 0.25) is 0 Å². The molecule has 0 unspecified atom stereocenters. The molecule has 0 aliphatic heterocycles. The standard InChI is InChI=1S/C19H17BrFNO3/c20-16-6-1-14(2-7-16)5-10-19(24)25-13-18(23)22-12-11-15-3-8-17(21)9-4-15/h1-10H,11-13H2,(H,22,23)/b10-5+. The predicted molar refractivity (Wildman–Crippen MR) is 97.2 cm³/mol. The van der Waals surface area contributed by atoms with E-state index >= 15 is 0 Å². The molecule has 0 heterocycles. The van der Waals surface area contributed by atoms with Crippen LogP contribution in [0.15, 0.2) is 59.1 Å². The molecule has 0 atom stereocenters. The van der Waals surface area contributed by atoms with Crippen LogP contribution >= 0.6 is 15.9 Å². The highest BCUT2D eigenvalue weighted by Crippen LogP contribution is 2.11. The van der Waals surface area contributed by atoms with Gasteiger partial charge in [0.05, 0.1) is 0 Å². The third-order valence-electron chi connectivity index (χ3n) is 3.28. The first-order valence-electron chi connectivity index (χ1n) is 7.64. The molecule has 0 aliphatic rings. The van der Waals surface area contributed by atoms with Crippen LogP contribution in [-0.2, 0) is 20.7 Å². The molecular formula is C19H17BrFNO3. The van der Waals surface area contributed by atoms with Crippen LogP contribution < -0.4 is 5.32 Å². The molecule has 0 radical (unpaired) electrons. The van der Waals surface area contributed by atoms with Crippen molar-refractivity contribution in [3.63, 3.8) is 0 Å². The van der Waals surface area contributed by atoms with Crippen LogP contribution in [0, 0.1) is 5.82 Å². The molecule has 2 rings (SSSR count). The number of halogens is 2. The van der Waals surface area contributed by atoms with Gasteiger partial charge in [-0.25, -0.2) is 9.18 Å². The highest BCUT2D eigenvalue weighted by Gasteiger charge is 2.04. The Morgan fingerprint density at radius 1 is 1.08 bits per heavy atom. The number of esters is 1. The molecule has 130 valence electrons. The zero-order chi connectivity index (χ0) is 18.1. The molecule has 1 amide bonds. The highest BCUT2D eigenvalue weighted by molar-refractivity contribution is 9.10. The summed E-state index contributed by atoms with van der Waals surface area (Å²) in [6.45, 7) is 0.0453. The van der Waals surface area contributed by atoms with Gasteiger partial charge < -0.3 is 10.1 Å². The molecular weight excluding hydrogens is 389 g/mol. The molecule has 0 spiro atoms. The zero-order valence-electron chi connectivity index (χ0n) is 13.4. The molecule has 6 heteroatoms. The summed E-state index contributed by atoms with van der Waals surface area (Å²) in [7, 11) is 0. The molecule has 0 bridgehead atoms. The third kappa shape index (κ3) is 7.30. The minimum Gasteiger partial charge on any atom is -0.452 e. The van der Waals surface area contributed by atoms with Crippen LogP contribution in [0.5, 0.6) is 0 Å². The van der Waals surface area contributed by atoms with E-state index in [1.54, 1.807) is 18.2 Å². The molecule has 2 aromatic carbocycles. The molecule has 4 nitrogen and oxygen atoms in total. The van der Waals surface area contributed by atoms with Gasteiger partial charge in [0.25, 0.3) is 5.91 Å². The van der Waals surface area contributed by atoms with E-state index in [1.807, 2.05) is 24.3 Å². The van der Waals surface area contributed by atoms with Crippen molar-refractivity contribution < 1.29 is 18.7 Å². The van der Waals surface area contributed by atoms with Crippen LogP contribution in [0.2, 0.25) is 0 Å². The largest absolute Gasteiger partial charge is 0.452 e. The Labute approximate surface area is 153 Å². The lowest BCUT2D eigenvalue weighted by Gasteiger charge is -2.05. The fraction of sp³-hybridized carbons (Fsp3) is 0.158. The van der Waals surface area contributed by atoms with Crippen molar-refractivity contribution in [2.24, 2.45) is 0 Å². The maximum Gasteiger partial charge on any atom is 0.331 e. The summed E-state index contributed by atoms with van der Waals surface area (Å²) in [4.78, 5) is 23.2. The molecule has 0 saturated carbocycles.